The molecule has 5 aromatic rings. The highest BCUT2D eigenvalue weighted by Crippen LogP contribution is 2.31. The van der Waals surface area contributed by atoms with Gasteiger partial charge in [0.2, 0.25) is 5.95 Å². The predicted molar refractivity (Wildman–Crippen MR) is 163 cm³/mol. The van der Waals surface area contributed by atoms with Gasteiger partial charge in [0.25, 0.3) is 0 Å². The molecule has 0 bridgehead atoms. The van der Waals surface area contributed by atoms with Crippen molar-refractivity contribution in [1.82, 2.24) is 24.4 Å². The number of likely N-dealkylation sites (tertiary alicyclic amines) is 1. The van der Waals surface area contributed by atoms with Gasteiger partial charge in [0.1, 0.15) is 0 Å². The van der Waals surface area contributed by atoms with Crippen molar-refractivity contribution in [2.24, 2.45) is 0 Å². The van der Waals surface area contributed by atoms with Crippen molar-refractivity contribution in [3.05, 3.63) is 113 Å². The number of rotatable bonds is 9. The van der Waals surface area contributed by atoms with E-state index in [-0.39, 0.29) is 19.1 Å². The topological polar surface area (TPSA) is 70.9 Å². The fourth-order valence-electron chi connectivity index (χ4n) is 5.55. The Morgan fingerprint density at radius 2 is 1.39 bits per heavy atom. The van der Waals surface area contributed by atoms with E-state index >= 15 is 0 Å². The Morgan fingerprint density at radius 1 is 0.717 bits per heavy atom. The van der Waals surface area contributed by atoms with E-state index in [4.69, 9.17) is 4.98 Å². The summed E-state index contributed by atoms with van der Waals surface area (Å²) < 4.78 is 80.8. The van der Waals surface area contributed by atoms with Crippen LogP contribution >= 0.6 is 0 Å². The molecule has 0 radical (unpaired) electrons. The summed E-state index contributed by atoms with van der Waals surface area (Å²) in [5, 5.41) is 6.55. The van der Waals surface area contributed by atoms with Gasteiger partial charge in [-0.1, -0.05) is 54.6 Å². The van der Waals surface area contributed by atoms with E-state index in [1.807, 2.05) is 18.2 Å². The molecule has 6 rings (SSSR count). The molecule has 46 heavy (non-hydrogen) atoms. The normalized spacial score (nSPS) is 14.9. The maximum atomic E-state index is 13.3. The molecule has 0 spiro atoms. The molecule has 0 aliphatic carbocycles. The lowest BCUT2D eigenvalue weighted by atomic mass is 10.0. The van der Waals surface area contributed by atoms with Crippen molar-refractivity contribution in [2.75, 3.05) is 23.7 Å². The molecular formula is C33H31F6N7. The summed E-state index contributed by atoms with van der Waals surface area (Å²) in [6, 6.07) is 20.3. The van der Waals surface area contributed by atoms with Crippen LogP contribution in [0.2, 0.25) is 0 Å². The first-order valence-corrected chi connectivity index (χ1v) is 14.8. The molecule has 1 aliphatic rings. The second-order valence-electron chi connectivity index (χ2n) is 11.4. The van der Waals surface area contributed by atoms with Gasteiger partial charge in [-0.15, -0.1) is 0 Å². The highest BCUT2D eigenvalue weighted by molar-refractivity contribution is 5.84. The molecule has 1 aliphatic heterocycles. The van der Waals surface area contributed by atoms with E-state index in [2.05, 4.69) is 37.6 Å². The summed E-state index contributed by atoms with van der Waals surface area (Å²) in [5.74, 6) is 0.660. The molecule has 13 heteroatoms. The van der Waals surface area contributed by atoms with Crippen LogP contribution in [0.15, 0.2) is 85.2 Å². The number of hydrogen-bond donors (Lipinski definition) is 2. The molecule has 3 heterocycles. The number of imidazole rings is 1. The minimum atomic E-state index is -4.47. The maximum Gasteiger partial charge on any atom is 0.416 e. The number of nitrogens with zero attached hydrogens (tertiary/aromatic N) is 5. The van der Waals surface area contributed by atoms with Crippen LogP contribution in [-0.2, 0) is 32.0 Å². The number of benzene rings is 3. The van der Waals surface area contributed by atoms with Gasteiger partial charge >= 0.3 is 12.4 Å². The zero-order valence-electron chi connectivity index (χ0n) is 24.6. The van der Waals surface area contributed by atoms with Crippen molar-refractivity contribution >= 4 is 22.9 Å². The van der Waals surface area contributed by atoms with Gasteiger partial charge in [0.05, 0.1) is 24.0 Å². The third-order valence-corrected chi connectivity index (χ3v) is 7.98. The Labute approximate surface area is 261 Å². The Morgan fingerprint density at radius 3 is 2.09 bits per heavy atom. The van der Waals surface area contributed by atoms with Crippen LogP contribution in [0, 0.1) is 0 Å². The SMILES string of the molecule is FC(F)(F)c1ccc(Cn2cnc3c(NCc4cccc(C(F)(F)F)c4)nc(NC4CCN(Cc5ccccc5)CC4)nc32)cc1. The summed E-state index contributed by atoms with van der Waals surface area (Å²) in [4.78, 5) is 16.2. The predicted octanol–water partition coefficient (Wildman–Crippen LogP) is 7.60. The largest absolute Gasteiger partial charge is 0.416 e. The highest BCUT2D eigenvalue weighted by atomic mass is 19.4. The number of alkyl halides is 6. The fourth-order valence-corrected chi connectivity index (χ4v) is 5.55. The zero-order valence-corrected chi connectivity index (χ0v) is 24.6. The van der Waals surface area contributed by atoms with Crippen molar-refractivity contribution in [1.29, 1.82) is 0 Å². The number of hydrogen-bond acceptors (Lipinski definition) is 6. The molecule has 2 N–H and O–H groups in total. The van der Waals surface area contributed by atoms with Crippen LogP contribution in [-0.4, -0.2) is 43.6 Å². The lowest BCUT2D eigenvalue weighted by Gasteiger charge is -2.32. The van der Waals surface area contributed by atoms with Crippen LogP contribution < -0.4 is 10.6 Å². The van der Waals surface area contributed by atoms with Crippen LogP contribution in [0.25, 0.3) is 11.2 Å². The minimum Gasteiger partial charge on any atom is -0.364 e. The minimum absolute atomic E-state index is 0.0547. The molecule has 0 atom stereocenters. The summed E-state index contributed by atoms with van der Waals surface area (Å²) >= 11 is 0. The number of halogens is 6. The monoisotopic (exact) mass is 639 g/mol. The Bertz CT molecular complexity index is 1760. The Balaban J connectivity index is 1.23. The van der Waals surface area contributed by atoms with E-state index in [9.17, 15) is 26.3 Å². The first kappa shape index (κ1) is 31.3. The van der Waals surface area contributed by atoms with E-state index < -0.39 is 23.5 Å². The average Bonchev–Trinajstić information content (AvgIpc) is 3.43. The number of aromatic nitrogens is 4. The molecule has 1 saturated heterocycles. The van der Waals surface area contributed by atoms with E-state index in [0.717, 1.165) is 56.7 Å². The maximum absolute atomic E-state index is 13.3. The van der Waals surface area contributed by atoms with Crippen LogP contribution in [0.4, 0.5) is 38.1 Å². The Hall–Kier alpha value is -4.65. The third kappa shape index (κ3) is 7.58. The lowest BCUT2D eigenvalue weighted by Crippen LogP contribution is -2.39. The van der Waals surface area contributed by atoms with Crippen molar-refractivity contribution in [2.45, 2.75) is 50.9 Å². The summed E-state index contributed by atoms with van der Waals surface area (Å²) in [6.07, 6.45) is -5.68. The molecule has 0 unspecified atom stereocenters. The number of anilines is 2. The smallest absolute Gasteiger partial charge is 0.364 e. The van der Waals surface area contributed by atoms with Gasteiger partial charge in [-0.25, -0.2) is 4.98 Å². The zero-order chi connectivity index (χ0) is 32.3. The van der Waals surface area contributed by atoms with Crippen molar-refractivity contribution in [3.8, 4) is 0 Å². The van der Waals surface area contributed by atoms with Crippen molar-refractivity contribution < 1.29 is 26.3 Å². The summed E-state index contributed by atoms with van der Waals surface area (Å²) in [6.45, 7) is 2.88. The molecule has 3 aromatic carbocycles. The quantitative estimate of drug-likeness (QED) is 0.162. The van der Waals surface area contributed by atoms with E-state index in [1.165, 1.54) is 30.1 Å². The van der Waals surface area contributed by atoms with E-state index in [1.54, 1.807) is 10.6 Å². The summed E-state index contributed by atoms with van der Waals surface area (Å²) in [5.41, 5.74) is 1.61. The standard InChI is InChI=1S/C33H31F6N7/c34-32(35,36)25-11-9-23(10-12-25)20-46-21-41-28-29(40-18-24-7-4-8-26(17-24)33(37,38)39)43-31(44-30(28)46)42-27-13-15-45(16-14-27)19-22-5-2-1-3-6-22/h1-12,17,21,27H,13-16,18-20H2,(H2,40,42,43,44). The average molecular weight is 640 g/mol. The molecule has 0 amide bonds. The molecule has 7 nitrogen and oxygen atoms in total. The van der Waals surface area contributed by atoms with Crippen LogP contribution in [0.1, 0.15) is 40.7 Å². The van der Waals surface area contributed by atoms with Crippen LogP contribution in [0.3, 0.4) is 0 Å². The Kier molecular flexibility index (Phi) is 8.85. The van der Waals surface area contributed by atoms with Gasteiger partial charge in [-0.2, -0.15) is 36.3 Å². The number of nitrogens with one attached hydrogen (secondary N) is 2. The molecule has 0 saturated carbocycles. The molecule has 240 valence electrons. The first-order valence-electron chi connectivity index (χ1n) is 14.8. The van der Waals surface area contributed by atoms with Gasteiger partial charge in [-0.3, -0.25) is 4.90 Å². The molecule has 1 fully saturated rings. The summed E-state index contributed by atoms with van der Waals surface area (Å²) in [7, 11) is 0. The van der Waals surface area contributed by atoms with E-state index in [0.29, 0.717) is 34.1 Å². The second-order valence-corrected chi connectivity index (χ2v) is 11.4. The number of fused-ring (bicyclic) bond motifs is 1. The highest BCUT2D eigenvalue weighted by Gasteiger charge is 2.31. The first-order chi connectivity index (χ1) is 22.0. The lowest BCUT2D eigenvalue weighted by molar-refractivity contribution is -0.138. The molecular weight excluding hydrogens is 608 g/mol. The molecule has 2 aromatic heterocycles. The van der Waals surface area contributed by atoms with Gasteiger partial charge in [0, 0.05) is 32.2 Å². The van der Waals surface area contributed by atoms with Crippen LogP contribution in [0.5, 0.6) is 0 Å². The third-order valence-electron chi connectivity index (χ3n) is 7.98. The van der Waals surface area contributed by atoms with Gasteiger partial charge < -0.3 is 15.2 Å². The van der Waals surface area contributed by atoms with Crippen molar-refractivity contribution in [3.63, 3.8) is 0 Å². The number of piperidine rings is 1. The fraction of sp³-hybridized carbons (Fsp3) is 0.303. The second kappa shape index (κ2) is 13.0. The van der Waals surface area contributed by atoms with Gasteiger partial charge in [-0.05, 0) is 53.8 Å². The van der Waals surface area contributed by atoms with Gasteiger partial charge in [0.15, 0.2) is 17.0 Å².